The molecule has 0 saturated carbocycles. The van der Waals surface area contributed by atoms with Crippen LogP contribution in [0.15, 0.2) is 24.3 Å². The summed E-state index contributed by atoms with van der Waals surface area (Å²) < 4.78 is 5.80. The molecule has 1 saturated heterocycles. The van der Waals surface area contributed by atoms with E-state index in [2.05, 4.69) is 0 Å². The summed E-state index contributed by atoms with van der Waals surface area (Å²) in [6.45, 7) is 5.99. The predicted molar refractivity (Wildman–Crippen MR) is 94.2 cm³/mol. The largest absolute Gasteiger partial charge is 0.490 e. The van der Waals surface area contributed by atoms with Crippen LogP contribution in [0.3, 0.4) is 0 Å². The maximum Gasteiger partial charge on any atom is 0.233 e. The number of hydrogen-bond acceptors (Lipinski definition) is 4. The second kappa shape index (κ2) is 7.00. The highest BCUT2D eigenvalue weighted by Crippen LogP contribution is 2.35. The zero-order chi connectivity index (χ0) is 18.1. The van der Waals surface area contributed by atoms with Crippen LogP contribution in [0.2, 0.25) is 0 Å². The number of hydrogen-bond donors (Lipinski definition) is 1. The Kier molecular flexibility index (Phi) is 4.95. The fourth-order valence-electron chi connectivity index (χ4n) is 3.64. The van der Waals surface area contributed by atoms with Crippen LogP contribution in [0.25, 0.3) is 0 Å². The lowest BCUT2D eigenvalue weighted by Gasteiger charge is -2.21. The number of fused-ring (bicyclic) bond motifs is 1. The Hall–Kier alpha value is -2.14. The van der Waals surface area contributed by atoms with Crippen LogP contribution in [-0.2, 0) is 9.59 Å². The summed E-state index contributed by atoms with van der Waals surface area (Å²) in [7, 11) is 0. The van der Waals surface area contributed by atoms with Gasteiger partial charge in [0.2, 0.25) is 11.8 Å². The molecule has 0 unspecified atom stereocenters. The van der Waals surface area contributed by atoms with E-state index in [0.717, 1.165) is 22.4 Å². The molecular formula is C20H25NO4. The van der Waals surface area contributed by atoms with Gasteiger partial charge in [-0.1, -0.05) is 24.3 Å². The summed E-state index contributed by atoms with van der Waals surface area (Å²) in [6.07, 6.45) is 4.23. The molecule has 5 heteroatoms. The lowest BCUT2D eigenvalue weighted by molar-refractivity contribution is -0.141. The van der Waals surface area contributed by atoms with E-state index in [9.17, 15) is 14.7 Å². The van der Waals surface area contributed by atoms with Crippen molar-refractivity contribution in [3.05, 3.63) is 41.0 Å². The number of nitrogens with zero attached hydrogens (tertiary/aromatic N) is 1. The van der Waals surface area contributed by atoms with Crippen molar-refractivity contribution in [1.82, 2.24) is 4.90 Å². The van der Waals surface area contributed by atoms with E-state index in [0.29, 0.717) is 12.8 Å². The van der Waals surface area contributed by atoms with Crippen molar-refractivity contribution in [2.24, 2.45) is 11.8 Å². The number of aliphatic hydroxyl groups excluding tert-OH is 1. The van der Waals surface area contributed by atoms with Gasteiger partial charge in [0.15, 0.2) is 0 Å². The Labute approximate surface area is 148 Å². The van der Waals surface area contributed by atoms with E-state index >= 15 is 0 Å². The van der Waals surface area contributed by atoms with Gasteiger partial charge in [-0.2, -0.15) is 0 Å². The van der Waals surface area contributed by atoms with Crippen LogP contribution in [-0.4, -0.2) is 41.1 Å². The van der Waals surface area contributed by atoms with Gasteiger partial charge in [-0.15, -0.1) is 0 Å². The molecule has 1 fully saturated rings. The van der Waals surface area contributed by atoms with Crippen molar-refractivity contribution in [2.75, 3.05) is 13.2 Å². The molecular weight excluding hydrogens is 318 g/mol. The molecule has 0 radical (unpaired) electrons. The highest BCUT2D eigenvalue weighted by Gasteiger charge is 2.47. The number of likely N-dealkylation sites (tertiary alicyclic amines) is 1. The molecule has 1 aromatic carbocycles. The summed E-state index contributed by atoms with van der Waals surface area (Å²) in [6, 6.07) is 4.01. The Bertz CT molecular complexity index is 699. The number of imide groups is 1. The fraction of sp³-hybridized carbons (Fsp3) is 0.500. The zero-order valence-corrected chi connectivity index (χ0v) is 15.0. The van der Waals surface area contributed by atoms with Crippen molar-refractivity contribution in [3.8, 4) is 5.75 Å². The molecule has 2 amide bonds. The maximum atomic E-state index is 12.4. The first-order valence-electron chi connectivity index (χ1n) is 8.78. The number of rotatable bonds is 5. The lowest BCUT2D eigenvalue weighted by atomic mass is 9.85. The number of carbonyl (C=O) groups is 2. The van der Waals surface area contributed by atoms with Gasteiger partial charge < -0.3 is 9.84 Å². The second-order valence-corrected chi connectivity index (χ2v) is 7.06. The standard InChI is InChI=1S/C20H25NO4/c1-12-8-9-13(2)18(14(12)3)25-11-15(22)10-21-19(23)16-6-4-5-7-17(16)20(21)24/h4-5,8-9,15-17,22H,6-7,10-11H2,1-3H3/t15-,16+,17+/m1/s1. The second-order valence-electron chi connectivity index (χ2n) is 7.06. The Morgan fingerprint density at radius 2 is 1.64 bits per heavy atom. The zero-order valence-electron chi connectivity index (χ0n) is 15.0. The molecule has 2 aliphatic rings. The van der Waals surface area contributed by atoms with Crippen LogP contribution in [0.1, 0.15) is 29.5 Å². The lowest BCUT2D eigenvalue weighted by Crippen LogP contribution is -2.40. The molecule has 3 atom stereocenters. The molecule has 1 aliphatic heterocycles. The van der Waals surface area contributed by atoms with Gasteiger partial charge >= 0.3 is 0 Å². The molecule has 0 spiro atoms. The monoisotopic (exact) mass is 343 g/mol. The Morgan fingerprint density at radius 3 is 2.24 bits per heavy atom. The van der Waals surface area contributed by atoms with E-state index in [1.807, 2.05) is 45.1 Å². The predicted octanol–water partition coefficient (Wildman–Crippen LogP) is 2.30. The normalized spacial score (nSPS) is 23.8. The van der Waals surface area contributed by atoms with Crippen molar-refractivity contribution in [3.63, 3.8) is 0 Å². The highest BCUT2D eigenvalue weighted by atomic mass is 16.5. The molecule has 1 N–H and O–H groups in total. The summed E-state index contributed by atoms with van der Waals surface area (Å²) in [5.74, 6) is -0.0858. The number of carbonyl (C=O) groups excluding carboxylic acids is 2. The number of β-amino-alcohol motifs (C(OH)–C–C–N with tert-alkyl or cyclic N) is 1. The minimum atomic E-state index is -0.902. The number of allylic oxidation sites excluding steroid dienone is 2. The minimum Gasteiger partial charge on any atom is -0.490 e. The quantitative estimate of drug-likeness (QED) is 0.658. The Morgan fingerprint density at radius 1 is 1.08 bits per heavy atom. The van der Waals surface area contributed by atoms with E-state index in [1.165, 1.54) is 4.90 Å². The van der Waals surface area contributed by atoms with E-state index in [4.69, 9.17) is 4.74 Å². The first-order chi connectivity index (χ1) is 11.9. The van der Waals surface area contributed by atoms with Gasteiger partial charge in [0.05, 0.1) is 18.4 Å². The average Bonchev–Trinajstić information content (AvgIpc) is 2.84. The molecule has 134 valence electrons. The summed E-state index contributed by atoms with van der Waals surface area (Å²) in [5.41, 5.74) is 3.16. The number of ether oxygens (including phenoxy) is 1. The third-order valence-corrected chi connectivity index (χ3v) is 5.29. The molecule has 1 aromatic rings. The van der Waals surface area contributed by atoms with Crippen molar-refractivity contribution >= 4 is 11.8 Å². The van der Waals surface area contributed by atoms with E-state index < -0.39 is 6.10 Å². The third kappa shape index (κ3) is 3.33. The number of benzene rings is 1. The fourth-order valence-corrected chi connectivity index (χ4v) is 3.64. The molecule has 0 bridgehead atoms. The van der Waals surface area contributed by atoms with Crippen LogP contribution in [0, 0.1) is 32.6 Å². The SMILES string of the molecule is Cc1ccc(C)c(OC[C@H](O)CN2C(=O)[C@H]3CC=CC[C@@H]3C2=O)c1C. The van der Waals surface area contributed by atoms with E-state index in [1.54, 1.807) is 0 Å². The smallest absolute Gasteiger partial charge is 0.233 e. The van der Waals surface area contributed by atoms with E-state index in [-0.39, 0.29) is 36.8 Å². The third-order valence-electron chi connectivity index (χ3n) is 5.29. The van der Waals surface area contributed by atoms with Crippen LogP contribution in [0.5, 0.6) is 5.75 Å². The van der Waals surface area contributed by atoms with Crippen molar-refractivity contribution in [2.45, 2.75) is 39.7 Å². The topological polar surface area (TPSA) is 66.8 Å². The number of amides is 2. The molecule has 25 heavy (non-hydrogen) atoms. The first kappa shape index (κ1) is 17.7. The highest BCUT2D eigenvalue weighted by molar-refractivity contribution is 6.05. The summed E-state index contributed by atoms with van der Waals surface area (Å²) >= 11 is 0. The summed E-state index contributed by atoms with van der Waals surface area (Å²) in [4.78, 5) is 26.1. The number of aryl methyl sites for hydroxylation is 2. The van der Waals surface area contributed by atoms with Crippen LogP contribution < -0.4 is 4.74 Å². The van der Waals surface area contributed by atoms with Crippen LogP contribution >= 0.6 is 0 Å². The molecule has 1 aliphatic carbocycles. The minimum absolute atomic E-state index is 0.00538. The van der Waals surface area contributed by atoms with Crippen molar-refractivity contribution < 1.29 is 19.4 Å². The van der Waals surface area contributed by atoms with Gasteiger partial charge in [-0.25, -0.2) is 0 Å². The van der Waals surface area contributed by atoms with Crippen molar-refractivity contribution in [1.29, 1.82) is 0 Å². The molecule has 5 nitrogen and oxygen atoms in total. The maximum absolute atomic E-state index is 12.4. The van der Waals surface area contributed by atoms with Gasteiger partial charge in [0, 0.05) is 0 Å². The van der Waals surface area contributed by atoms with Gasteiger partial charge in [0.1, 0.15) is 18.5 Å². The Balaban J connectivity index is 1.62. The first-order valence-corrected chi connectivity index (χ1v) is 8.78. The average molecular weight is 343 g/mol. The van der Waals surface area contributed by atoms with Crippen LogP contribution in [0.4, 0.5) is 0 Å². The molecule has 0 aromatic heterocycles. The number of aliphatic hydroxyl groups is 1. The van der Waals surface area contributed by atoms with Gasteiger partial charge in [-0.3, -0.25) is 14.5 Å². The molecule has 1 heterocycles. The van der Waals surface area contributed by atoms with Gasteiger partial charge in [-0.05, 0) is 50.3 Å². The molecule has 3 rings (SSSR count). The van der Waals surface area contributed by atoms with Gasteiger partial charge in [0.25, 0.3) is 0 Å². The summed E-state index contributed by atoms with van der Waals surface area (Å²) in [5, 5.41) is 10.3.